The van der Waals surface area contributed by atoms with Gasteiger partial charge in [0.05, 0.1) is 13.7 Å². The van der Waals surface area contributed by atoms with E-state index < -0.39 is 0 Å². The Labute approximate surface area is 74.6 Å². The Kier molecular flexibility index (Phi) is 6.00. The fourth-order valence-corrected chi connectivity index (χ4v) is 0.817. The maximum Gasteiger partial charge on any atom is 0.115 e. The molecule has 0 rings (SSSR count). The molecule has 0 saturated carbocycles. The Morgan fingerprint density at radius 1 is 1.33 bits per heavy atom. The SMILES string of the molecule is CCOC#CC(C)=C(CC)OC. The molecule has 0 aliphatic rings. The highest BCUT2D eigenvalue weighted by Crippen LogP contribution is 2.07. The lowest BCUT2D eigenvalue weighted by Crippen LogP contribution is -1.88. The van der Waals surface area contributed by atoms with Gasteiger partial charge in [0.2, 0.25) is 0 Å². The maximum atomic E-state index is 5.11. The van der Waals surface area contributed by atoms with Crippen molar-refractivity contribution in [3.8, 4) is 12.0 Å². The van der Waals surface area contributed by atoms with Crippen molar-refractivity contribution in [2.75, 3.05) is 13.7 Å². The van der Waals surface area contributed by atoms with Crippen molar-refractivity contribution in [1.29, 1.82) is 0 Å². The molecule has 0 fully saturated rings. The van der Waals surface area contributed by atoms with Crippen LogP contribution in [0.3, 0.4) is 0 Å². The molecular weight excluding hydrogens is 152 g/mol. The van der Waals surface area contributed by atoms with Crippen LogP contribution in [-0.2, 0) is 9.47 Å². The van der Waals surface area contributed by atoms with Gasteiger partial charge in [-0.15, -0.1) is 0 Å². The molecule has 0 aliphatic carbocycles. The summed E-state index contributed by atoms with van der Waals surface area (Å²) < 4.78 is 10.0. The topological polar surface area (TPSA) is 18.5 Å². The van der Waals surface area contributed by atoms with Crippen LogP contribution in [0.5, 0.6) is 0 Å². The fourth-order valence-electron chi connectivity index (χ4n) is 0.817. The van der Waals surface area contributed by atoms with E-state index in [1.165, 1.54) is 0 Å². The first-order chi connectivity index (χ1) is 5.76. The third kappa shape index (κ3) is 3.92. The van der Waals surface area contributed by atoms with Crippen molar-refractivity contribution in [3.05, 3.63) is 11.3 Å². The fraction of sp³-hybridized carbons (Fsp3) is 0.600. The Bertz CT molecular complexity index is 200. The van der Waals surface area contributed by atoms with Gasteiger partial charge in [0, 0.05) is 12.0 Å². The summed E-state index contributed by atoms with van der Waals surface area (Å²) in [6.07, 6.45) is 3.46. The van der Waals surface area contributed by atoms with E-state index in [0.29, 0.717) is 6.61 Å². The first-order valence-corrected chi connectivity index (χ1v) is 4.12. The van der Waals surface area contributed by atoms with E-state index in [2.05, 4.69) is 12.0 Å². The van der Waals surface area contributed by atoms with E-state index in [0.717, 1.165) is 17.8 Å². The highest BCUT2D eigenvalue weighted by molar-refractivity contribution is 5.27. The minimum atomic E-state index is 0.620. The zero-order chi connectivity index (χ0) is 9.40. The van der Waals surface area contributed by atoms with Gasteiger partial charge in [0.15, 0.2) is 0 Å². The van der Waals surface area contributed by atoms with E-state index >= 15 is 0 Å². The standard InChI is InChI=1S/C10H16O2/c1-5-10(11-4)9(3)7-8-12-6-2/h5-6H2,1-4H3. The summed E-state index contributed by atoms with van der Waals surface area (Å²) in [5.74, 6) is 3.79. The van der Waals surface area contributed by atoms with E-state index in [1.54, 1.807) is 7.11 Å². The smallest absolute Gasteiger partial charge is 0.115 e. The molecule has 2 nitrogen and oxygen atoms in total. The van der Waals surface area contributed by atoms with Crippen molar-refractivity contribution in [3.63, 3.8) is 0 Å². The zero-order valence-electron chi connectivity index (χ0n) is 8.23. The van der Waals surface area contributed by atoms with Gasteiger partial charge in [0.1, 0.15) is 11.9 Å². The summed E-state index contributed by atoms with van der Waals surface area (Å²) in [5.41, 5.74) is 0.938. The number of rotatable bonds is 3. The summed E-state index contributed by atoms with van der Waals surface area (Å²) >= 11 is 0. The van der Waals surface area contributed by atoms with E-state index in [-0.39, 0.29) is 0 Å². The average Bonchev–Trinajstić information content (AvgIpc) is 2.07. The van der Waals surface area contributed by atoms with Crippen molar-refractivity contribution >= 4 is 0 Å². The number of methoxy groups -OCH3 is 1. The molecule has 2 heteroatoms. The number of hydrogen-bond donors (Lipinski definition) is 0. The Hall–Kier alpha value is -1.10. The summed E-state index contributed by atoms with van der Waals surface area (Å²) in [6.45, 7) is 6.48. The highest BCUT2D eigenvalue weighted by Gasteiger charge is 1.95. The van der Waals surface area contributed by atoms with Crippen LogP contribution < -0.4 is 0 Å². The molecule has 0 atom stereocenters. The van der Waals surface area contributed by atoms with Gasteiger partial charge in [-0.05, 0) is 19.8 Å². The molecule has 0 bridgehead atoms. The summed E-state index contributed by atoms with van der Waals surface area (Å²) in [4.78, 5) is 0. The van der Waals surface area contributed by atoms with Crippen LogP contribution in [-0.4, -0.2) is 13.7 Å². The first kappa shape index (κ1) is 10.9. The van der Waals surface area contributed by atoms with Gasteiger partial charge in [-0.2, -0.15) is 0 Å². The van der Waals surface area contributed by atoms with E-state index in [9.17, 15) is 0 Å². The quantitative estimate of drug-likeness (QED) is 0.475. The Balaban J connectivity index is 4.25. The third-order valence-corrected chi connectivity index (χ3v) is 1.44. The average molecular weight is 168 g/mol. The molecule has 0 unspecified atom stereocenters. The largest absolute Gasteiger partial charge is 0.500 e. The molecule has 12 heavy (non-hydrogen) atoms. The number of ether oxygens (including phenoxy) is 2. The van der Waals surface area contributed by atoms with E-state index in [4.69, 9.17) is 9.47 Å². The lowest BCUT2D eigenvalue weighted by Gasteiger charge is -2.02. The molecule has 0 aliphatic heterocycles. The minimum Gasteiger partial charge on any atom is -0.500 e. The third-order valence-electron chi connectivity index (χ3n) is 1.44. The molecule has 0 spiro atoms. The lowest BCUT2D eigenvalue weighted by atomic mass is 10.2. The second-order valence-corrected chi connectivity index (χ2v) is 2.27. The number of allylic oxidation sites excluding steroid dienone is 2. The summed E-state index contributed by atoms with van der Waals surface area (Å²) in [7, 11) is 1.66. The van der Waals surface area contributed by atoms with Crippen LogP contribution in [0.15, 0.2) is 11.3 Å². The normalized spacial score (nSPS) is 11.0. The van der Waals surface area contributed by atoms with Crippen molar-refractivity contribution in [1.82, 2.24) is 0 Å². The van der Waals surface area contributed by atoms with Crippen LogP contribution >= 0.6 is 0 Å². The second kappa shape index (κ2) is 6.60. The second-order valence-electron chi connectivity index (χ2n) is 2.27. The molecule has 0 radical (unpaired) electrons. The van der Waals surface area contributed by atoms with Crippen LogP contribution in [0.25, 0.3) is 0 Å². The van der Waals surface area contributed by atoms with Gasteiger partial charge in [-0.1, -0.05) is 6.92 Å². The van der Waals surface area contributed by atoms with E-state index in [1.807, 2.05) is 20.8 Å². The first-order valence-electron chi connectivity index (χ1n) is 4.12. The van der Waals surface area contributed by atoms with Crippen LogP contribution in [0.1, 0.15) is 27.2 Å². The van der Waals surface area contributed by atoms with Gasteiger partial charge < -0.3 is 9.47 Å². The molecule has 0 aromatic carbocycles. The molecule has 0 N–H and O–H groups in total. The zero-order valence-corrected chi connectivity index (χ0v) is 8.23. The van der Waals surface area contributed by atoms with Crippen LogP contribution in [0.2, 0.25) is 0 Å². The highest BCUT2D eigenvalue weighted by atomic mass is 16.5. The lowest BCUT2D eigenvalue weighted by molar-refractivity contribution is 0.277. The van der Waals surface area contributed by atoms with Crippen molar-refractivity contribution < 1.29 is 9.47 Å². The molecular formula is C10H16O2. The summed E-state index contributed by atoms with van der Waals surface area (Å²) in [6, 6.07) is 0. The van der Waals surface area contributed by atoms with Crippen molar-refractivity contribution in [2.45, 2.75) is 27.2 Å². The maximum absolute atomic E-state index is 5.11. The Morgan fingerprint density at radius 3 is 2.42 bits per heavy atom. The van der Waals surface area contributed by atoms with Crippen LogP contribution in [0.4, 0.5) is 0 Å². The molecule has 0 aromatic heterocycles. The molecule has 68 valence electrons. The van der Waals surface area contributed by atoms with Crippen LogP contribution in [0, 0.1) is 12.0 Å². The van der Waals surface area contributed by atoms with Gasteiger partial charge in [-0.3, -0.25) is 0 Å². The Morgan fingerprint density at radius 2 is 2.00 bits per heavy atom. The molecule has 0 aromatic rings. The monoisotopic (exact) mass is 168 g/mol. The van der Waals surface area contributed by atoms with Crippen molar-refractivity contribution in [2.24, 2.45) is 0 Å². The predicted molar refractivity (Wildman–Crippen MR) is 49.4 cm³/mol. The predicted octanol–water partition coefficient (Wildman–Crippen LogP) is 2.31. The molecule has 0 amide bonds. The molecule has 0 saturated heterocycles. The molecule has 0 heterocycles. The summed E-state index contributed by atoms with van der Waals surface area (Å²) in [5, 5.41) is 0. The van der Waals surface area contributed by atoms with Gasteiger partial charge >= 0.3 is 0 Å². The van der Waals surface area contributed by atoms with Gasteiger partial charge in [-0.25, -0.2) is 0 Å². The number of hydrogen-bond acceptors (Lipinski definition) is 2. The van der Waals surface area contributed by atoms with Gasteiger partial charge in [0.25, 0.3) is 0 Å². The minimum absolute atomic E-state index is 0.620.